The van der Waals surface area contributed by atoms with Gasteiger partial charge in [0.2, 0.25) is 5.91 Å². The number of aryl methyl sites for hydroxylation is 1. The zero-order chi connectivity index (χ0) is 23.0. The summed E-state index contributed by atoms with van der Waals surface area (Å²) in [6.45, 7) is 2.01. The van der Waals surface area contributed by atoms with E-state index < -0.39 is 11.6 Å². The van der Waals surface area contributed by atoms with Crippen molar-refractivity contribution in [1.29, 1.82) is 0 Å². The molecule has 0 radical (unpaired) electrons. The number of carbonyl (C=O) groups is 3. The van der Waals surface area contributed by atoms with Gasteiger partial charge in [-0.25, -0.2) is 4.79 Å². The van der Waals surface area contributed by atoms with Crippen LogP contribution in [0.5, 0.6) is 0 Å². The highest BCUT2D eigenvalue weighted by atomic mass is 35.5. The molecule has 0 bridgehead atoms. The van der Waals surface area contributed by atoms with E-state index in [9.17, 15) is 14.4 Å². The van der Waals surface area contributed by atoms with Crippen LogP contribution in [0, 0.1) is 0 Å². The zero-order valence-corrected chi connectivity index (χ0v) is 19.1. The summed E-state index contributed by atoms with van der Waals surface area (Å²) in [5.74, 6) is -0.702. The predicted molar refractivity (Wildman–Crippen MR) is 125 cm³/mol. The van der Waals surface area contributed by atoms with E-state index in [1.54, 1.807) is 0 Å². The first kappa shape index (κ1) is 21.9. The molecule has 1 spiro atoms. The average Bonchev–Trinajstić information content (AvgIpc) is 3.51. The summed E-state index contributed by atoms with van der Waals surface area (Å²) in [6, 6.07) is 14.8. The van der Waals surface area contributed by atoms with Gasteiger partial charge in [0.15, 0.2) is 0 Å². The smallest absolute Gasteiger partial charge is 0.325 e. The summed E-state index contributed by atoms with van der Waals surface area (Å²) in [5.41, 5.74) is 1.89. The Labute approximate surface area is 198 Å². The van der Waals surface area contributed by atoms with Crippen LogP contribution < -0.4 is 10.6 Å². The molecule has 4 amide bonds. The third-order valence-corrected chi connectivity index (χ3v) is 7.27. The number of halogens is 1. The van der Waals surface area contributed by atoms with E-state index in [1.807, 2.05) is 48.5 Å². The number of carbonyl (C=O) groups excluding carboxylic acids is 3. The lowest BCUT2D eigenvalue weighted by Gasteiger charge is -2.28. The van der Waals surface area contributed by atoms with Crippen molar-refractivity contribution in [2.45, 2.75) is 37.3 Å². The molecule has 0 aromatic heterocycles. The van der Waals surface area contributed by atoms with Crippen LogP contribution >= 0.6 is 11.6 Å². The number of fused-ring (bicyclic) bond motifs is 2. The maximum atomic E-state index is 13.3. The maximum Gasteiger partial charge on any atom is 0.325 e. The number of amides is 4. The second-order valence-corrected chi connectivity index (χ2v) is 9.44. The van der Waals surface area contributed by atoms with Crippen molar-refractivity contribution in [3.63, 3.8) is 0 Å². The van der Waals surface area contributed by atoms with Gasteiger partial charge >= 0.3 is 6.03 Å². The van der Waals surface area contributed by atoms with Gasteiger partial charge in [-0.05, 0) is 67.6 Å². The first-order chi connectivity index (χ1) is 16.0. The Kier molecular flexibility index (Phi) is 5.85. The maximum absolute atomic E-state index is 13.3. The highest BCUT2D eigenvalue weighted by molar-refractivity contribution is 6.30. The Morgan fingerprint density at radius 2 is 1.91 bits per heavy atom. The topological polar surface area (TPSA) is 81.8 Å². The fraction of sp³-hybridized carbons (Fsp3) is 0.400. The van der Waals surface area contributed by atoms with Gasteiger partial charge in [-0.2, -0.15) is 0 Å². The van der Waals surface area contributed by atoms with Crippen LogP contribution in [-0.2, 0) is 21.5 Å². The molecule has 1 aliphatic carbocycles. The summed E-state index contributed by atoms with van der Waals surface area (Å²) in [4.78, 5) is 42.2. The minimum atomic E-state index is -1.05. The van der Waals surface area contributed by atoms with Crippen LogP contribution in [0.4, 0.5) is 4.79 Å². The third kappa shape index (κ3) is 4.00. The molecule has 8 heteroatoms. The standard InChI is InChI=1S/C25H27ClN4O3/c26-19-8-5-7-18(14-19)21(29-12-3-4-13-29)15-27-22(31)16-30-23(32)25(28-24(30)33)11-10-17-6-1-2-9-20(17)25/h1-2,5-9,14,21H,3-4,10-13,15-16H2,(H,27,31)(H,28,33). The number of urea groups is 1. The Morgan fingerprint density at radius 1 is 1.12 bits per heavy atom. The number of imide groups is 1. The molecule has 172 valence electrons. The molecule has 2 aromatic rings. The second kappa shape index (κ2) is 8.80. The van der Waals surface area contributed by atoms with Crippen molar-refractivity contribution < 1.29 is 14.4 Å². The molecule has 0 saturated carbocycles. The fourth-order valence-corrected chi connectivity index (χ4v) is 5.57. The van der Waals surface area contributed by atoms with Crippen molar-refractivity contribution >= 4 is 29.4 Å². The zero-order valence-electron chi connectivity index (χ0n) is 18.4. The van der Waals surface area contributed by atoms with Gasteiger partial charge in [0.25, 0.3) is 5.91 Å². The molecule has 5 rings (SSSR count). The quantitative estimate of drug-likeness (QED) is 0.641. The highest BCUT2D eigenvalue weighted by Crippen LogP contribution is 2.41. The van der Waals surface area contributed by atoms with Crippen molar-refractivity contribution in [3.8, 4) is 0 Å². The molecule has 2 atom stereocenters. The third-order valence-electron chi connectivity index (χ3n) is 7.03. The molecule has 7 nitrogen and oxygen atoms in total. The number of likely N-dealkylation sites (tertiary alicyclic amines) is 1. The van der Waals surface area contributed by atoms with Crippen LogP contribution in [-0.4, -0.2) is 53.8 Å². The van der Waals surface area contributed by atoms with E-state index in [1.165, 1.54) is 0 Å². The van der Waals surface area contributed by atoms with Crippen molar-refractivity contribution in [1.82, 2.24) is 20.4 Å². The molecule has 2 aliphatic heterocycles. The van der Waals surface area contributed by atoms with Gasteiger partial charge in [0.05, 0.1) is 6.04 Å². The Balaban J connectivity index is 1.27. The fourth-order valence-electron chi connectivity index (χ4n) is 5.37. The normalized spacial score (nSPS) is 23.1. The van der Waals surface area contributed by atoms with Gasteiger partial charge in [0, 0.05) is 11.6 Å². The summed E-state index contributed by atoms with van der Waals surface area (Å²) in [5, 5.41) is 6.47. The van der Waals surface area contributed by atoms with Gasteiger partial charge in [-0.1, -0.05) is 48.0 Å². The summed E-state index contributed by atoms with van der Waals surface area (Å²) in [6.07, 6.45) is 3.48. The van der Waals surface area contributed by atoms with Crippen LogP contribution in [0.15, 0.2) is 48.5 Å². The lowest BCUT2D eigenvalue weighted by atomic mass is 9.92. The van der Waals surface area contributed by atoms with E-state index in [-0.39, 0.29) is 24.4 Å². The number of hydrogen-bond acceptors (Lipinski definition) is 4. The lowest BCUT2D eigenvalue weighted by molar-refractivity contribution is -0.135. The molecule has 2 unspecified atom stereocenters. The van der Waals surface area contributed by atoms with Crippen LogP contribution in [0.25, 0.3) is 0 Å². The molecule has 3 aliphatic rings. The molecule has 2 saturated heterocycles. The van der Waals surface area contributed by atoms with Crippen LogP contribution in [0.2, 0.25) is 5.02 Å². The Hall–Kier alpha value is -2.90. The SMILES string of the molecule is O=C(CN1C(=O)NC2(CCc3ccccc32)C1=O)NCC(c1cccc(Cl)c1)N1CCCC1. The molecular weight excluding hydrogens is 440 g/mol. The second-order valence-electron chi connectivity index (χ2n) is 9.00. The lowest BCUT2D eigenvalue weighted by Crippen LogP contribution is -2.45. The van der Waals surface area contributed by atoms with E-state index in [0.717, 1.165) is 53.9 Å². The van der Waals surface area contributed by atoms with E-state index in [2.05, 4.69) is 15.5 Å². The number of rotatable bonds is 6. The first-order valence-corrected chi connectivity index (χ1v) is 11.8. The molecular formula is C25H27ClN4O3. The van der Waals surface area contributed by atoms with Crippen molar-refractivity contribution in [3.05, 3.63) is 70.2 Å². The number of nitrogens with zero attached hydrogens (tertiary/aromatic N) is 2. The van der Waals surface area contributed by atoms with Crippen molar-refractivity contribution in [2.75, 3.05) is 26.2 Å². The largest absolute Gasteiger partial charge is 0.353 e. The van der Waals surface area contributed by atoms with Crippen LogP contribution in [0.3, 0.4) is 0 Å². The van der Waals surface area contributed by atoms with Crippen molar-refractivity contribution in [2.24, 2.45) is 0 Å². The summed E-state index contributed by atoms with van der Waals surface area (Å²) >= 11 is 6.20. The Morgan fingerprint density at radius 3 is 2.70 bits per heavy atom. The number of hydrogen-bond donors (Lipinski definition) is 2. The minimum absolute atomic E-state index is 0.00805. The highest BCUT2D eigenvalue weighted by Gasteiger charge is 2.55. The van der Waals surface area contributed by atoms with E-state index in [4.69, 9.17) is 11.6 Å². The van der Waals surface area contributed by atoms with E-state index >= 15 is 0 Å². The number of nitrogens with one attached hydrogen (secondary N) is 2. The summed E-state index contributed by atoms with van der Waals surface area (Å²) < 4.78 is 0. The monoisotopic (exact) mass is 466 g/mol. The Bertz CT molecular complexity index is 1100. The van der Waals surface area contributed by atoms with Gasteiger partial charge in [-0.15, -0.1) is 0 Å². The molecule has 2 heterocycles. The average molecular weight is 467 g/mol. The van der Waals surface area contributed by atoms with Gasteiger partial charge in [-0.3, -0.25) is 19.4 Å². The van der Waals surface area contributed by atoms with Gasteiger partial charge < -0.3 is 10.6 Å². The summed E-state index contributed by atoms with van der Waals surface area (Å²) in [7, 11) is 0. The predicted octanol–water partition coefficient (Wildman–Crippen LogP) is 2.99. The molecule has 2 N–H and O–H groups in total. The number of benzene rings is 2. The van der Waals surface area contributed by atoms with E-state index in [0.29, 0.717) is 18.0 Å². The molecule has 2 aromatic carbocycles. The molecule has 2 fully saturated rings. The first-order valence-electron chi connectivity index (χ1n) is 11.5. The minimum Gasteiger partial charge on any atom is -0.353 e. The van der Waals surface area contributed by atoms with Gasteiger partial charge in [0.1, 0.15) is 12.1 Å². The van der Waals surface area contributed by atoms with Crippen LogP contribution in [0.1, 0.15) is 42.0 Å². The molecule has 33 heavy (non-hydrogen) atoms.